The van der Waals surface area contributed by atoms with Crippen molar-refractivity contribution in [2.45, 2.75) is 32.1 Å². The van der Waals surface area contributed by atoms with Crippen LogP contribution in [0.15, 0.2) is 24.4 Å². The van der Waals surface area contributed by atoms with Crippen LogP contribution in [0.1, 0.15) is 31.4 Å². The summed E-state index contributed by atoms with van der Waals surface area (Å²) in [5, 5.41) is 0. The number of likely N-dealkylation sites (tertiary alicyclic amines) is 1. The third-order valence-electron chi connectivity index (χ3n) is 4.88. The van der Waals surface area contributed by atoms with E-state index in [1.165, 1.54) is 51.0 Å². The van der Waals surface area contributed by atoms with Crippen molar-refractivity contribution in [1.82, 2.24) is 9.88 Å². The Morgan fingerprint density at radius 3 is 2.63 bits per heavy atom. The molecule has 19 heavy (non-hydrogen) atoms. The fourth-order valence-corrected chi connectivity index (χ4v) is 3.24. The van der Waals surface area contributed by atoms with E-state index in [1.807, 2.05) is 12.3 Å². The first kappa shape index (κ1) is 13.1. The number of pyridine rings is 1. The monoisotopic (exact) mass is 259 g/mol. The van der Waals surface area contributed by atoms with Crippen molar-refractivity contribution in [3.05, 3.63) is 30.1 Å². The van der Waals surface area contributed by atoms with Crippen molar-refractivity contribution in [2.24, 2.45) is 17.1 Å². The van der Waals surface area contributed by atoms with Crippen LogP contribution in [0.25, 0.3) is 0 Å². The topological polar surface area (TPSA) is 42.1 Å². The van der Waals surface area contributed by atoms with Crippen LogP contribution in [0.4, 0.5) is 0 Å². The number of hydrogen-bond donors (Lipinski definition) is 1. The number of nitrogens with zero attached hydrogens (tertiary/aromatic N) is 2. The van der Waals surface area contributed by atoms with E-state index in [0.717, 1.165) is 18.9 Å². The number of hydrogen-bond acceptors (Lipinski definition) is 3. The molecule has 0 aromatic carbocycles. The third-order valence-corrected chi connectivity index (χ3v) is 4.88. The van der Waals surface area contributed by atoms with Gasteiger partial charge in [0.05, 0.1) is 0 Å². The number of nitrogens with two attached hydrogens (primary N) is 1. The Kier molecular flexibility index (Phi) is 3.85. The highest BCUT2D eigenvalue weighted by molar-refractivity contribution is 5.05. The molecule has 1 saturated heterocycles. The molecule has 1 aromatic rings. The minimum absolute atomic E-state index is 0.494. The molecule has 0 bridgehead atoms. The van der Waals surface area contributed by atoms with Gasteiger partial charge in [0.2, 0.25) is 0 Å². The molecular formula is C16H25N3. The first-order chi connectivity index (χ1) is 9.30. The van der Waals surface area contributed by atoms with E-state index in [-0.39, 0.29) is 0 Å². The van der Waals surface area contributed by atoms with Crippen molar-refractivity contribution in [3.8, 4) is 0 Å². The standard InChI is InChI=1S/C16H25N3/c17-12-16(6-7-16)13-19-9-4-14(5-10-19)11-15-3-1-2-8-18-15/h1-3,8,14H,4-7,9-13,17H2. The van der Waals surface area contributed by atoms with Crippen LogP contribution in [-0.4, -0.2) is 36.1 Å². The minimum Gasteiger partial charge on any atom is -0.330 e. The van der Waals surface area contributed by atoms with Crippen molar-refractivity contribution >= 4 is 0 Å². The van der Waals surface area contributed by atoms with Gasteiger partial charge >= 0.3 is 0 Å². The molecule has 1 saturated carbocycles. The Hall–Kier alpha value is -0.930. The van der Waals surface area contributed by atoms with Gasteiger partial charge in [0.1, 0.15) is 0 Å². The molecule has 0 radical (unpaired) electrons. The van der Waals surface area contributed by atoms with Gasteiger partial charge in [0, 0.05) is 18.4 Å². The zero-order chi connectivity index (χ0) is 13.1. The van der Waals surface area contributed by atoms with Gasteiger partial charge < -0.3 is 10.6 Å². The summed E-state index contributed by atoms with van der Waals surface area (Å²) >= 11 is 0. The highest BCUT2D eigenvalue weighted by Crippen LogP contribution is 2.45. The van der Waals surface area contributed by atoms with Gasteiger partial charge in [-0.2, -0.15) is 0 Å². The van der Waals surface area contributed by atoms with Crippen molar-refractivity contribution in [1.29, 1.82) is 0 Å². The highest BCUT2D eigenvalue weighted by atomic mass is 15.1. The summed E-state index contributed by atoms with van der Waals surface area (Å²) in [6.07, 6.45) is 8.38. The molecule has 2 heterocycles. The van der Waals surface area contributed by atoms with Crippen molar-refractivity contribution < 1.29 is 0 Å². The number of rotatable bonds is 5. The maximum Gasteiger partial charge on any atom is 0.0406 e. The Balaban J connectivity index is 1.45. The molecule has 2 aliphatic rings. The smallest absolute Gasteiger partial charge is 0.0406 e. The SMILES string of the molecule is NCC1(CN2CCC(Cc3ccccn3)CC2)CC1. The van der Waals surface area contributed by atoms with Crippen molar-refractivity contribution in [2.75, 3.05) is 26.2 Å². The normalized spacial score (nSPS) is 23.4. The quantitative estimate of drug-likeness (QED) is 0.880. The van der Waals surface area contributed by atoms with Crippen molar-refractivity contribution in [3.63, 3.8) is 0 Å². The number of aromatic nitrogens is 1. The molecule has 1 aliphatic carbocycles. The lowest BCUT2D eigenvalue weighted by Crippen LogP contribution is -2.40. The summed E-state index contributed by atoms with van der Waals surface area (Å²) in [7, 11) is 0. The summed E-state index contributed by atoms with van der Waals surface area (Å²) in [6.45, 7) is 4.61. The van der Waals surface area contributed by atoms with Crippen LogP contribution in [-0.2, 0) is 6.42 Å². The second-order valence-electron chi connectivity index (χ2n) is 6.45. The molecule has 2 N–H and O–H groups in total. The van der Waals surface area contributed by atoms with E-state index in [2.05, 4.69) is 22.0 Å². The second kappa shape index (κ2) is 5.59. The Morgan fingerprint density at radius 2 is 2.05 bits per heavy atom. The molecular weight excluding hydrogens is 234 g/mol. The fraction of sp³-hybridized carbons (Fsp3) is 0.688. The molecule has 0 amide bonds. The highest BCUT2D eigenvalue weighted by Gasteiger charge is 2.42. The van der Waals surface area contributed by atoms with Gasteiger partial charge in [-0.3, -0.25) is 4.98 Å². The number of piperidine rings is 1. The molecule has 3 rings (SSSR count). The second-order valence-corrected chi connectivity index (χ2v) is 6.45. The molecule has 3 heteroatoms. The van der Waals surface area contributed by atoms with Gasteiger partial charge in [0.25, 0.3) is 0 Å². The zero-order valence-electron chi connectivity index (χ0n) is 11.7. The minimum atomic E-state index is 0.494. The predicted molar refractivity (Wildman–Crippen MR) is 77.8 cm³/mol. The molecule has 3 nitrogen and oxygen atoms in total. The van der Waals surface area contributed by atoms with E-state index in [0.29, 0.717) is 5.41 Å². The maximum absolute atomic E-state index is 5.88. The predicted octanol–water partition coefficient (Wildman–Crippen LogP) is 2.07. The maximum atomic E-state index is 5.88. The molecule has 1 aromatic heterocycles. The average Bonchev–Trinajstić information content (AvgIpc) is 3.23. The Morgan fingerprint density at radius 1 is 1.26 bits per heavy atom. The van der Waals surface area contributed by atoms with Crippen LogP contribution >= 0.6 is 0 Å². The molecule has 0 spiro atoms. The van der Waals surface area contributed by atoms with E-state index in [9.17, 15) is 0 Å². The van der Waals surface area contributed by atoms with Crippen LogP contribution in [0, 0.1) is 11.3 Å². The van der Waals surface area contributed by atoms with Crippen LogP contribution < -0.4 is 5.73 Å². The Labute approximate surface area is 116 Å². The summed E-state index contributed by atoms with van der Waals surface area (Å²) in [4.78, 5) is 7.08. The Bertz CT molecular complexity index is 392. The van der Waals surface area contributed by atoms with Gasteiger partial charge in [-0.1, -0.05) is 6.07 Å². The van der Waals surface area contributed by atoms with Crippen LogP contribution in [0.5, 0.6) is 0 Å². The zero-order valence-corrected chi connectivity index (χ0v) is 11.7. The van der Waals surface area contributed by atoms with Gasteiger partial charge in [-0.15, -0.1) is 0 Å². The summed E-state index contributed by atoms with van der Waals surface area (Å²) in [6, 6.07) is 6.24. The summed E-state index contributed by atoms with van der Waals surface area (Å²) in [5.41, 5.74) is 7.63. The fourth-order valence-electron chi connectivity index (χ4n) is 3.24. The molecule has 2 fully saturated rings. The average molecular weight is 259 g/mol. The lowest BCUT2D eigenvalue weighted by molar-refractivity contribution is 0.154. The van der Waals surface area contributed by atoms with E-state index < -0.39 is 0 Å². The van der Waals surface area contributed by atoms with Gasteiger partial charge in [0.15, 0.2) is 0 Å². The molecule has 1 aliphatic heterocycles. The summed E-state index contributed by atoms with van der Waals surface area (Å²) < 4.78 is 0. The van der Waals surface area contributed by atoms with Gasteiger partial charge in [-0.25, -0.2) is 0 Å². The van der Waals surface area contributed by atoms with Crippen LogP contribution in [0.2, 0.25) is 0 Å². The molecule has 0 unspecified atom stereocenters. The largest absolute Gasteiger partial charge is 0.330 e. The van der Waals surface area contributed by atoms with Gasteiger partial charge in [-0.05, 0) is 75.2 Å². The van der Waals surface area contributed by atoms with E-state index in [4.69, 9.17) is 5.73 Å². The van der Waals surface area contributed by atoms with E-state index >= 15 is 0 Å². The molecule has 0 atom stereocenters. The van der Waals surface area contributed by atoms with E-state index in [1.54, 1.807) is 0 Å². The molecule has 104 valence electrons. The lowest BCUT2D eigenvalue weighted by Gasteiger charge is -2.34. The third kappa shape index (κ3) is 3.34. The lowest BCUT2D eigenvalue weighted by atomic mass is 9.91. The van der Waals surface area contributed by atoms with Crippen LogP contribution in [0.3, 0.4) is 0 Å². The first-order valence-electron chi connectivity index (χ1n) is 7.62. The summed E-state index contributed by atoms with van der Waals surface area (Å²) in [5.74, 6) is 0.819. The first-order valence-corrected chi connectivity index (χ1v) is 7.62.